The number of amides is 1. The number of allylic oxidation sites excluding steroid dienone is 1. The van der Waals surface area contributed by atoms with Gasteiger partial charge in [-0.15, -0.1) is 0 Å². The lowest BCUT2D eigenvalue weighted by molar-refractivity contribution is -0.117. The highest BCUT2D eigenvalue weighted by atomic mass is 16.5. The van der Waals surface area contributed by atoms with Crippen molar-refractivity contribution in [3.05, 3.63) is 47.0 Å². The molecular formula is C23H30N6O2. The third kappa shape index (κ3) is 4.85. The molecule has 4 rings (SSSR count). The lowest BCUT2D eigenvalue weighted by Crippen LogP contribution is -2.28. The monoisotopic (exact) mass is 422 g/mol. The number of carbonyl (C=O) groups is 1. The molecule has 1 fully saturated rings. The normalized spacial score (nSPS) is 23.2. The van der Waals surface area contributed by atoms with Crippen LogP contribution in [0.25, 0.3) is 5.57 Å². The summed E-state index contributed by atoms with van der Waals surface area (Å²) >= 11 is 0. The maximum atomic E-state index is 12.6. The number of nitrogens with zero attached hydrogens (tertiary/aromatic N) is 4. The Labute approximate surface area is 182 Å². The first-order chi connectivity index (χ1) is 14.9. The van der Waals surface area contributed by atoms with Crippen LogP contribution in [-0.4, -0.2) is 45.8 Å². The highest BCUT2D eigenvalue weighted by Gasteiger charge is 2.30. The molecule has 8 nitrogen and oxygen atoms in total. The van der Waals surface area contributed by atoms with Gasteiger partial charge < -0.3 is 15.4 Å². The van der Waals surface area contributed by atoms with Crippen molar-refractivity contribution in [2.75, 3.05) is 12.0 Å². The highest BCUT2D eigenvalue weighted by molar-refractivity contribution is 6.10. The summed E-state index contributed by atoms with van der Waals surface area (Å²) in [6, 6.07) is 3.72. The van der Waals surface area contributed by atoms with Gasteiger partial charge in [-0.05, 0) is 64.2 Å². The van der Waals surface area contributed by atoms with Gasteiger partial charge in [0, 0.05) is 35.4 Å². The Kier molecular flexibility index (Phi) is 6.18. The van der Waals surface area contributed by atoms with E-state index in [1.165, 1.54) is 5.56 Å². The van der Waals surface area contributed by atoms with Crippen LogP contribution in [0.15, 0.2) is 29.5 Å². The fraction of sp³-hybridized carbons (Fsp3) is 0.478. The number of aromatic nitrogens is 3. The van der Waals surface area contributed by atoms with Crippen LogP contribution in [0.3, 0.4) is 0 Å². The molecule has 8 heteroatoms. The molecule has 2 aromatic rings. The lowest BCUT2D eigenvalue weighted by atomic mass is 9.85. The number of hydrogen-bond acceptors (Lipinski definition) is 6. The third-order valence-electron chi connectivity index (χ3n) is 5.87. The van der Waals surface area contributed by atoms with Crippen LogP contribution in [0.4, 0.5) is 5.82 Å². The van der Waals surface area contributed by atoms with E-state index >= 15 is 0 Å². The molecule has 4 heterocycles. The van der Waals surface area contributed by atoms with Crippen molar-refractivity contribution in [2.24, 2.45) is 4.99 Å². The quantitative estimate of drug-likeness (QED) is 0.772. The lowest BCUT2D eigenvalue weighted by Gasteiger charge is -2.32. The molecule has 0 radical (unpaired) electrons. The van der Waals surface area contributed by atoms with Crippen molar-refractivity contribution in [1.82, 2.24) is 20.1 Å². The predicted octanol–water partition coefficient (Wildman–Crippen LogP) is 3.18. The topological polar surface area (TPSA) is 93.4 Å². The van der Waals surface area contributed by atoms with Gasteiger partial charge in [0.05, 0.1) is 17.9 Å². The zero-order chi connectivity index (χ0) is 22.0. The smallest absolute Gasteiger partial charge is 0.247 e. The van der Waals surface area contributed by atoms with Crippen LogP contribution >= 0.6 is 0 Å². The van der Waals surface area contributed by atoms with E-state index in [9.17, 15) is 4.79 Å². The Morgan fingerprint density at radius 2 is 2.03 bits per heavy atom. The van der Waals surface area contributed by atoms with E-state index in [2.05, 4.69) is 39.6 Å². The Bertz CT molecular complexity index is 998. The standard InChI is InChI=1S/C23H30N6O2/c1-14-7-19(8-15(2)31-14)23-16(3)28-29(17(23)4)12-22(30)27-21-6-5-18(11-26-21)20-9-24-13-25-10-20/h5-6,9-11,14-15,19,24H,7-8,12-13H2,1-4H3,(H,26,27,30). The van der Waals surface area contributed by atoms with Crippen LogP contribution in [0, 0.1) is 13.8 Å². The predicted molar refractivity (Wildman–Crippen MR) is 121 cm³/mol. The molecular weight excluding hydrogens is 392 g/mol. The van der Waals surface area contributed by atoms with Gasteiger partial charge in [0.25, 0.3) is 0 Å². The van der Waals surface area contributed by atoms with Gasteiger partial charge in [0.2, 0.25) is 5.91 Å². The first-order valence-electron chi connectivity index (χ1n) is 10.8. The van der Waals surface area contributed by atoms with Gasteiger partial charge >= 0.3 is 0 Å². The number of aryl methyl sites for hydroxylation is 1. The van der Waals surface area contributed by atoms with E-state index in [0.717, 1.165) is 35.4 Å². The summed E-state index contributed by atoms with van der Waals surface area (Å²) in [7, 11) is 0. The van der Waals surface area contributed by atoms with Gasteiger partial charge in [-0.1, -0.05) is 0 Å². The molecule has 0 aliphatic carbocycles. The summed E-state index contributed by atoms with van der Waals surface area (Å²) in [6.07, 6.45) is 7.89. The van der Waals surface area contributed by atoms with Crippen molar-refractivity contribution in [2.45, 2.75) is 65.2 Å². The zero-order valence-corrected chi connectivity index (χ0v) is 18.6. The number of pyridine rings is 1. The fourth-order valence-corrected chi connectivity index (χ4v) is 4.60. The highest BCUT2D eigenvalue weighted by Crippen LogP contribution is 2.36. The number of nitrogens with one attached hydrogen (secondary N) is 2. The number of carbonyl (C=O) groups excluding carboxylic acids is 1. The van der Waals surface area contributed by atoms with Gasteiger partial charge in [-0.25, -0.2) is 4.98 Å². The number of ether oxygens (including phenoxy) is 1. The summed E-state index contributed by atoms with van der Waals surface area (Å²) in [5, 5.41) is 10.6. The molecule has 1 saturated heterocycles. The molecule has 2 aromatic heterocycles. The molecule has 0 bridgehead atoms. The summed E-state index contributed by atoms with van der Waals surface area (Å²) in [5.41, 5.74) is 5.21. The molecule has 2 N–H and O–H groups in total. The van der Waals surface area contributed by atoms with E-state index in [-0.39, 0.29) is 24.7 Å². The summed E-state index contributed by atoms with van der Waals surface area (Å²) in [6.45, 7) is 9.07. The second-order valence-corrected chi connectivity index (χ2v) is 8.42. The molecule has 0 aromatic carbocycles. The second kappa shape index (κ2) is 9.01. The Balaban J connectivity index is 1.42. The van der Waals surface area contributed by atoms with Gasteiger partial charge in [-0.2, -0.15) is 5.10 Å². The first-order valence-corrected chi connectivity index (χ1v) is 10.8. The minimum absolute atomic E-state index is 0.147. The molecule has 164 valence electrons. The van der Waals surface area contributed by atoms with Crippen molar-refractivity contribution < 1.29 is 9.53 Å². The van der Waals surface area contributed by atoms with Crippen molar-refractivity contribution in [3.63, 3.8) is 0 Å². The van der Waals surface area contributed by atoms with Gasteiger partial charge in [-0.3, -0.25) is 14.5 Å². The van der Waals surface area contributed by atoms with Crippen LogP contribution in [-0.2, 0) is 16.1 Å². The molecule has 2 unspecified atom stereocenters. The summed E-state index contributed by atoms with van der Waals surface area (Å²) < 4.78 is 7.69. The van der Waals surface area contributed by atoms with E-state index < -0.39 is 0 Å². The second-order valence-electron chi connectivity index (χ2n) is 8.42. The molecule has 2 aliphatic rings. The third-order valence-corrected chi connectivity index (χ3v) is 5.87. The van der Waals surface area contributed by atoms with Crippen LogP contribution in [0.1, 0.15) is 55.1 Å². The minimum Gasteiger partial charge on any atom is -0.376 e. The van der Waals surface area contributed by atoms with Gasteiger partial charge in [0.1, 0.15) is 19.0 Å². The van der Waals surface area contributed by atoms with Crippen molar-refractivity contribution >= 4 is 23.5 Å². The van der Waals surface area contributed by atoms with E-state index in [0.29, 0.717) is 18.4 Å². The maximum absolute atomic E-state index is 12.6. The van der Waals surface area contributed by atoms with Crippen molar-refractivity contribution in [1.29, 1.82) is 0 Å². The Morgan fingerprint density at radius 3 is 2.68 bits per heavy atom. The zero-order valence-electron chi connectivity index (χ0n) is 18.6. The number of hydrogen-bond donors (Lipinski definition) is 2. The number of aliphatic imine (C=N–C) groups is 1. The largest absolute Gasteiger partial charge is 0.376 e. The van der Waals surface area contributed by atoms with Crippen LogP contribution in [0.2, 0.25) is 0 Å². The van der Waals surface area contributed by atoms with Crippen LogP contribution in [0.5, 0.6) is 0 Å². The minimum atomic E-state index is -0.147. The molecule has 1 amide bonds. The van der Waals surface area contributed by atoms with E-state index in [1.54, 1.807) is 16.9 Å². The Morgan fingerprint density at radius 1 is 1.26 bits per heavy atom. The summed E-state index contributed by atoms with van der Waals surface area (Å²) in [5.74, 6) is 0.784. The van der Waals surface area contributed by atoms with E-state index in [4.69, 9.17) is 4.74 Å². The Hall–Kier alpha value is -3.00. The average molecular weight is 423 g/mol. The van der Waals surface area contributed by atoms with Crippen molar-refractivity contribution in [3.8, 4) is 0 Å². The molecule has 0 spiro atoms. The molecule has 2 atom stereocenters. The van der Waals surface area contributed by atoms with Gasteiger partial charge in [0.15, 0.2) is 0 Å². The molecule has 0 saturated carbocycles. The molecule has 2 aliphatic heterocycles. The van der Waals surface area contributed by atoms with Crippen LogP contribution < -0.4 is 10.6 Å². The summed E-state index contributed by atoms with van der Waals surface area (Å²) in [4.78, 5) is 21.2. The number of rotatable bonds is 5. The molecule has 31 heavy (non-hydrogen) atoms. The van der Waals surface area contributed by atoms with E-state index in [1.807, 2.05) is 32.3 Å². The maximum Gasteiger partial charge on any atom is 0.247 e. The fourth-order valence-electron chi connectivity index (χ4n) is 4.60. The first kappa shape index (κ1) is 21.2. The average Bonchev–Trinajstić information content (AvgIpc) is 3.01. The number of anilines is 1. The SMILES string of the molecule is Cc1nn(CC(=O)Nc2ccc(C3=CNCN=C3)cn2)c(C)c1C1CC(C)OC(C)C1.